The summed E-state index contributed by atoms with van der Waals surface area (Å²) in [6.45, 7) is 7.84. The lowest BCUT2D eigenvalue weighted by atomic mass is 10.1. The third-order valence-corrected chi connectivity index (χ3v) is 4.02. The Kier molecular flexibility index (Phi) is 5.08. The van der Waals surface area contributed by atoms with Gasteiger partial charge in [0, 0.05) is 24.8 Å². The summed E-state index contributed by atoms with van der Waals surface area (Å²) in [5, 5.41) is 3.63. The summed E-state index contributed by atoms with van der Waals surface area (Å²) in [6.07, 6.45) is 3.65. The molecule has 1 fully saturated rings. The molecule has 1 aliphatic heterocycles. The van der Waals surface area contributed by atoms with Crippen LogP contribution < -0.4 is 15.0 Å². The van der Waals surface area contributed by atoms with Crippen LogP contribution in [0.5, 0.6) is 5.75 Å². The number of anilines is 1. The second-order valence-corrected chi connectivity index (χ2v) is 5.34. The number of nitrogens with zero attached hydrogens (tertiary/aromatic N) is 1. The van der Waals surface area contributed by atoms with Gasteiger partial charge in [0.05, 0.1) is 7.11 Å². The largest absolute Gasteiger partial charge is 0.497 e. The number of hydrogen-bond donors (Lipinski definition) is 1. The van der Waals surface area contributed by atoms with Crippen molar-refractivity contribution in [2.45, 2.75) is 39.2 Å². The van der Waals surface area contributed by atoms with Crippen molar-refractivity contribution >= 4 is 5.69 Å². The summed E-state index contributed by atoms with van der Waals surface area (Å²) in [6, 6.07) is 7.06. The van der Waals surface area contributed by atoms with E-state index in [1.165, 1.54) is 30.5 Å². The monoisotopic (exact) mass is 262 g/mol. The van der Waals surface area contributed by atoms with Crippen LogP contribution in [-0.2, 0) is 0 Å². The first kappa shape index (κ1) is 14.2. The Hall–Kier alpha value is -1.22. The smallest absolute Gasteiger partial charge is 0.119 e. The van der Waals surface area contributed by atoms with E-state index in [0.29, 0.717) is 6.04 Å². The number of nitrogens with one attached hydrogen (secondary N) is 1. The Morgan fingerprint density at radius 3 is 2.89 bits per heavy atom. The maximum atomic E-state index is 5.29. The molecule has 1 aliphatic rings. The average molecular weight is 262 g/mol. The predicted molar refractivity (Wildman–Crippen MR) is 81.3 cm³/mol. The Bertz CT molecular complexity index is 406. The normalized spacial score (nSPS) is 20.8. The topological polar surface area (TPSA) is 24.5 Å². The molecule has 0 aromatic heterocycles. The Labute approximate surface area is 116 Å². The van der Waals surface area contributed by atoms with Crippen molar-refractivity contribution < 1.29 is 4.74 Å². The first-order valence-electron chi connectivity index (χ1n) is 7.37. The standard InChI is InChI=1S/C16H26N2O/c1-4-14-8-11-18(10-5-9-17-14)16-7-6-15(19-3)12-13(16)2/h6-7,12,14,17H,4-5,8-11H2,1-3H3. The van der Waals surface area contributed by atoms with E-state index >= 15 is 0 Å². The number of aryl methyl sites for hydroxylation is 1. The predicted octanol–water partition coefficient (Wildman–Crippen LogP) is 2.97. The minimum atomic E-state index is 0.668. The van der Waals surface area contributed by atoms with Crippen LogP contribution in [0.1, 0.15) is 31.7 Å². The van der Waals surface area contributed by atoms with Crippen LogP contribution in [0, 0.1) is 6.92 Å². The average Bonchev–Trinajstić information content (AvgIpc) is 2.40. The first-order chi connectivity index (χ1) is 9.24. The fourth-order valence-electron chi connectivity index (χ4n) is 2.80. The Balaban J connectivity index is 2.10. The van der Waals surface area contributed by atoms with E-state index in [0.717, 1.165) is 25.4 Å². The second kappa shape index (κ2) is 6.80. The molecular formula is C16H26N2O. The number of ether oxygens (including phenoxy) is 1. The summed E-state index contributed by atoms with van der Waals surface area (Å²) in [4.78, 5) is 2.53. The third kappa shape index (κ3) is 3.63. The number of benzene rings is 1. The maximum Gasteiger partial charge on any atom is 0.119 e. The van der Waals surface area contributed by atoms with Crippen LogP contribution in [0.2, 0.25) is 0 Å². The second-order valence-electron chi connectivity index (χ2n) is 5.34. The zero-order chi connectivity index (χ0) is 13.7. The van der Waals surface area contributed by atoms with E-state index in [4.69, 9.17) is 4.74 Å². The van der Waals surface area contributed by atoms with Crippen LogP contribution in [0.15, 0.2) is 18.2 Å². The molecule has 0 aliphatic carbocycles. The highest BCUT2D eigenvalue weighted by molar-refractivity contribution is 5.55. The van der Waals surface area contributed by atoms with Gasteiger partial charge >= 0.3 is 0 Å². The van der Waals surface area contributed by atoms with Gasteiger partial charge < -0.3 is 15.0 Å². The van der Waals surface area contributed by atoms with Crippen molar-refractivity contribution in [3.8, 4) is 5.75 Å². The highest BCUT2D eigenvalue weighted by Gasteiger charge is 2.15. The molecule has 0 spiro atoms. The van der Waals surface area contributed by atoms with Crippen LogP contribution in [0.3, 0.4) is 0 Å². The SMILES string of the molecule is CCC1CCN(c2ccc(OC)cc2C)CCCN1. The Morgan fingerprint density at radius 1 is 1.37 bits per heavy atom. The van der Waals surface area contributed by atoms with E-state index in [-0.39, 0.29) is 0 Å². The van der Waals surface area contributed by atoms with Crippen molar-refractivity contribution in [1.29, 1.82) is 0 Å². The molecule has 3 nitrogen and oxygen atoms in total. The molecule has 3 heteroatoms. The maximum absolute atomic E-state index is 5.29. The van der Waals surface area contributed by atoms with Gasteiger partial charge in [0.2, 0.25) is 0 Å². The van der Waals surface area contributed by atoms with Gasteiger partial charge in [-0.2, -0.15) is 0 Å². The lowest BCUT2D eigenvalue weighted by Crippen LogP contribution is -2.39. The molecule has 0 saturated carbocycles. The zero-order valence-electron chi connectivity index (χ0n) is 12.4. The van der Waals surface area contributed by atoms with Crippen LogP contribution in [-0.4, -0.2) is 32.8 Å². The van der Waals surface area contributed by atoms with E-state index in [1.807, 2.05) is 0 Å². The van der Waals surface area contributed by atoms with E-state index in [1.54, 1.807) is 7.11 Å². The summed E-state index contributed by atoms with van der Waals surface area (Å²) < 4.78 is 5.29. The third-order valence-electron chi connectivity index (χ3n) is 4.02. The van der Waals surface area contributed by atoms with Crippen molar-refractivity contribution in [1.82, 2.24) is 5.32 Å². The Morgan fingerprint density at radius 2 is 2.21 bits per heavy atom. The minimum absolute atomic E-state index is 0.668. The quantitative estimate of drug-likeness (QED) is 0.906. The fraction of sp³-hybridized carbons (Fsp3) is 0.625. The molecule has 1 N–H and O–H groups in total. The van der Waals surface area contributed by atoms with Gasteiger partial charge in [0.1, 0.15) is 5.75 Å². The molecule has 0 amide bonds. The van der Waals surface area contributed by atoms with Crippen molar-refractivity contribution in [3.63, 3.8) is 0 Å². The zero-order valence-corrected chi connectivity index (χ0v) is 12.4. The minimum Gasteiger partial charge on any atom is -0.497 e. The van der Waals surface area contributed by atoms with Crippen LogP contribution >= 0.6 is 0 Å². The summed E-state index contributed by atoms with van der Waals surface area (Å²) in [7, 11) is 1.72. The van der Waals surface area contributed by atoms with Gasteiger partial charge in [-0.05, 0) is 56.5 Å². The summed E-state index contributed by atoms with van der Waals surface area (Å²) in [5.41, 5.74) is 2.67. The highest BCUT2D eigenvalue weighted by atomic mass is 16.5. The number of rotatable bonds is 3. The van der Waals surface area contributed by atoms with Gasteiger partial charge in [0.15, 0.2) is 0 Å². The van der Waals surface area contributed by atoms with Crippen molar-refractivity contribution in [2.24, 2.45) is 0 Å². The molecule has 2 rings (SSSR count). The summed E-state index contributed by atoms with van der Waals surface area (Å²) in [5.74, 6) is 0.946. The van der Waals surface area contributed by atoms with Gasteiger partial charge in [-0.15, -0.1) is 0 Å². The molecule has 19 heavy (non-hydrogen) atoms. The molecule has 106 valence electrons. The number of methoxy groups -OCH3 is 1. The molecule has 1 saturated heterocycles. The van der Waals surface area contributed by atoms with E-state index < -0.39 is 0 Å². The van der Waals surface area contributed by atoms with Gasteiger partial charge in [0.25, 0.3) is 0 Å². The van der Waals surface area contributed by atoms with E-state index in [2.05, 4.69) is 42.3 Å². The molecule has 1 aromatic rings. The van der Waals surface area contributed by atoms with Crippen LogP contribution in [0.25, 0.3) is 0 Å². The molecule has 1 heterocycles. The van der Waals surface area contributed by atoms with E-state index in [9.17, 15) is 0 Å². The van der Waals surface area contributed by atoms with Gasteiger partial charge in [-0.25, -0.2) is 0 Å². The molecular weight excluding hydrogens is 236 g/mol. The molecule has 1 unspecified atom stereocenters. The van der Waals surface area contributed by atoms with Crippen molar-refractivity contribution in [3.05, 3.63) is 23.8 Å². The lowest BCUT2D eigenvalue weighted by molar-refractivity contribution is 0.414. The number of hydrogen-bond acceptors (Lipinski definition) is 3. The van der Waals surface area contributed by atoms with Gasteiger partial charge in [-0.3, -0.25) is 0 Å². The van der Waals surface area contributed by atoms with Crippen molar-refractivity contribution in [2.75, 3.05) is 31.6 Å². The van der Waals surface area contributed by atoms with Gasteiger partial charge in [-0.1, -0.05) is 6.92 Å². The fourth-order valence-corrected chi connectivity index (χ4v) is 2.80. The molecule has 1 atom stereocenters. The molecule has 0 bridgehead atoms. The molecule has 0 radical (unpaired) electrons. The molecule has 1 aromatic carbocycles. The lowest BCUT2D eigenvalue weighted by Gasteiger charge is -2.31. The first-order valence-corrected chi connectivity index (χ1v) is 7.37. The van der Waals surface area contributed by atoms with Crippen LogP contribution in [0.4, 0.5) is 5.69 Å². The summed E-state index contributed by atoms with van der Waals surface area (Å²) >= 11 is 0. The highest BCUT2D eigenvalue weighted by Crippen LogP contribution is 2.25.